The molecule has 0 radical (unpaired) electrons. The summed E-state index contributed by atoms with van der Waals surface area (Å²) in [4.78, 5) is 17.3. The quantitative estimate of drug-likeness (QED) is 0.137. The van der Waals surface area contributed by atoms with E-state index in [1.165, 1.54) is 0 Å². The van der Waals surface area contributed by atoms with E-state index in [0.29, 0.717) is 0 Å². The van der Waals surface area contributed by atoms with Crippen molar-refractivity contribution in [3.05, 3.63) is 0 Å². The first-order chi connectivity index (χ1) is 6.81. The van der Waals surface area contributed by atoms with Crippen LogP contribution in [0.1, 0.15) is 0 Å². The standard InChI is InChI=1S/CH2O4.2BH3O4.3Na.3H/c3*2-1(3)5-4;;;;;;/h4H,(H,2,3);2*2-4H;;;;;;. The van der Waals surface area contributed by atoms with E-state index >= 15 is 0 Å². The van der Waals surface area contributed by atoms with E-state index in [-0.39, 0.29) is 88.7 Å². The van der Waals surface area contributed by atoms with Crippen molar-refractivity contribution in [3.8, 4) is 0 Å². The van der Waals surface area contributed by atoms with E-state index in [1.807, 2.05) is 0 Å². The monoisotopic (exact) mass is 306 g/mol. The molecule has 12 nitrogen and oxygen atoms in total. The normalized spacial score (nSPS) is 6.17. The van der Waals surface area contributed by atoms with Crippen molar-refractivity contribution in [1.29, 1.82) is 0 Å². The Bertz CT molecular complexity index is 126. The minimum atomic E-state index is -2.06. The Balaban J connectivity index is -0.0000000277. The van der Waals surface area contributed by atoms with Crippen LogP contribution >= 0.6 is 0 Å². The molecule has 0 saturated heterocycles. The Labute approximate surface area is 167 Å². The molecule has 0 fully saturated rings. The molecule has 0 spiro atoms. The van der Waals surface area contributed by atoms with E-state index in [0.717, 1.165) is 0 Å². The summed E-state index contributed by atoms with van der Waals surface area (Å²) in [6.45, 7) is 0. The molecule has 0 aromatic rings. The molecule has 0 bridgehead atoms. The number of rotatable bonds is 2. The van der Waals surface area contributed by atoms with Gasteiger partial charge in [-0.1, -0.05) is 0 Å². The van der Waals surface area contributed by atoms with E-state index < -0.39 is 20.8 Å². The van der Waals surface area contributed by atoms with E-state index in [1.54, 1.807) is 0 Å². The predicted octanol–water partition coefficient (Wildman–Crippen LogP) is -4.90. The van der Waals surface area contributed by atoms with Crippen molar-refractivity contribution >= 4 is 109 Å². The van der Waals surface area contributed by atoms with Gasteiger partial charge in [-0.05, 0) is 0 Å². The molecule has 17 heteroatoms. The van der Waals surface area contributed by atoms with E-state index in [4.69, 9.17) is 45.8 Å². The van der Waals surface area contributed by atoms with Crippen LogP contribution in [0.4, 0.5) is 4.79 Å². The third-order valence-electron chi connectivity index (χ3n) is 0.267. The van der Waals surface area contributed by atoms with E-state index in [2.05, 4.69) is 14.5 Å². The molecule has 0 unspecified atom stereocenters. The third kappa shape index (κ3) is 81.0. The zero-order valence-electron chi connectivity index (χ0n) is 6.87. The van der Waals surface area contributed by atoms with Crippen molar-refractivity contribution in [2.45, 2.75) is 0 Å². The SMILES string of the molecule is O=C(O)OO.OOB(O)O.OOB(O)O.[NaH].[NaH].[NaH]. The van der Waals surface area contributed by atoms with Crippen molar-refractivity contribution in [2.24, 2.45) is 0 Å². The molecule has 8 N–H and O–H groups in total. The average Bonchev–Trinajstić information content (AvgIpc) is 2.19. The molecule has 0 rings (SSSR count). The van der Waals surface area contributed by atoms with Gasteiger partial charge in [-0.15, -0.1) is 0 Å². The van der Waals surface area contributed by atoms with Crippen molar-refractivity contribution < 1.29 is 60.3 Å². The van der Waals surface area contributed by atoms with Crippen LogP contribution in [0.2, 0.25) is 0 Å². The fourth-order valence-electron chi connectivity index (χ4n) is 0. The first kappa shape index (κ1) is 36.9. The van der Waals surface area contributed by atoms with Gasteiger partial charge in [-0.2, -0.15) is 5.26 Å². The number of carboxylic acid groups (broad SMARTS) is 1. The Morgan fingerprint density at radius 2 is 0.889 bits per heavy atom. The molecule has 0 saturated carbocycles. The third-order valence-corrected chi connectivity index (χ3v) is 0.267. The average molecular weight is 306 g/mol. The Hall–Kier alpha value is 2.04. The molecule has 0 heterocycles. The summed E-state index contributed by atoms with van der Waals surface area (Å²) in [6.07, 6.45) is -1.69. The molecular formula is CH11B2Na3O12. The fourth-order valence-corrected chi connectivity index (χ4v) is 0. The molecule has 0 aromatic heterocycles. The van der Waals surface area contributed by atoms with Crippen LogP contribution in [0, 0.1) is 0 Å². The van der Waals surface area contributed by atoms with Gasteiger partial charge in [-0.25, -0.2) is 14.4 Å². The Morgan fingerprint density at radius 1 is 0.778 bits per heavy atom. The molecule has 0 amide bonds. The summed E-state index contributed by atoms with van der Waals surface area (Å²) in [5.74, 6) is 0. The van der Waals surface area contributed by atoms with Crippen molar-refractivity contribution in [1.82, 2.24) is 0 Å². The molecule has 18 heavy (non-hydrogen) atoms. The zero-order chi connectivity index (χ0) is 12.9. The van der Waals surface area contributed by atoms with Crippen LogP contribution < -0.4 is 0 Å². The summed E-state index contributed by atoms with van der Waals surface area (Å²) in [7, 11) is -4.12. The van der Waals surface area contributed by atoms with E-state index in [9.17, 15) is 0 Å². The van der Waals surface area contributed by atoms with Gasteiger partial charge in [0.1, 0.15) is 0 Å². The first-order valence-corrected chi connectivity index (χ1v) is 2.68. The minimum absolute atomic E-state index is 0. The number of hydrogen-bond donors (Lipinski definition) is 8. The topological polar surface area (TPSA) is 207 Å². The zero-order valence-corrected chi connectivity index (χ0v) is 6.87. The molecular weight excluding hydrogens is 295 g/mol. The molecule has 0 aliphatic heterocycles. The molecule has 0 aliphatic carbocycles. The van der Waals surface area contributed by atoms with Gasteiger partial charge in [0, 0.05) is 0 Å². The summed E-state index contributed by atoms with van der Waals surface area (Å²) in [6, 6.07) is 0. The molecule has 96 valence electrons. The molecule has 0 atom stereocenters. The fraction of sp³-hybridized carbons (Fsp3) is 0. The van der Waals surface area contributed by atoms with Crippen LogP contribution in [0.25, 0.3) is 0 Å². The van der Waals surface area contributed by atoms with Gasteiger partial charge in [0.2, 0.25) is 0 Å². The Kier molecular flexibility index (Phi) is 64.4. The summed E-state index contributed by atoms with van der Waals surface area (Å²) in [5, 5.41) is 58.4. The number of carbonyl (C=O) groups is 1. The second-order valence-corrected chi connectivity index (χ2v) is 1.22. The van der Waals surface area contributed by atoms with Crippen LogP contribution in [0.15, 0.2) is 0 Å². The van der Waals surface area contributed by atoms with Gasteiger partial charge in [0.15, 0.2) is 0 Å². The maximum atomic E-state index is 8.90. The summed E-state index contributed by atoms with van der Waals surface area (Å²) in [5.41, 5.74) is 0. The van der Waals surface area contributed by atoms with Gasteiger partial charge >= 0.3 is 109 Å². The predicted molar refractivity (Wildman–Crippen MR) is 61.0 cm³/mol. The van der Waals surface area contributed by atoms with Gasteiger partial charge in [-0.3, -0.25) is 15.4 Å². The second-order valence-electron chi connectivity index (χ2n) is 1.22. The van der Waals surface area contributed by atoms with Gasteiger partial charge < -0.3 is 25.2 Å². The number of hydrogen-bond acceptors (Lipinski definition) is 11. The molecule has 0 aliphatic rings. The Morgan fingerprint density at radius 3 is 0.889 bits per heavy atom. The first-order valence-electron chi connectivity index (χ1n) is 2.68. The second kappa shape index (κ2) is 31.4. The van der Waals surface area contributed by atoms with Crippen LogP contribution in [-0.4, -0.2) is 150 Å². The van der Waals surface area contributed by atoms with Crippen LogP contribution in [0.3, 0.4) is 0 Å². The van der Waals surface area contributed by atoms with Crippen molar-refractivity contribution in [2.75, 3.05) is 0 Å². The van der Waals surface area contributed by atoms with Gasteiger partial charge in [0.05, 0.1) is 0 Å². The summed E-state index contributed by atoms with van der Waals surface area (Å²) >= 11 is 0. The molecule has 0 aromatic carbocycles. The maximum absolute atomic E-state index is 8.90. The van der Waals surface area contributed by atoms with Crippen LogP contribution in [0.5, 0.6) is 0 Å². The summed E-state index contributed by atoms with van der Waals surface area (Å²) < 4.78 is 0. The van der Waals surface area contributed by atoms with Gasteiger partial charge in [0.25, 0.3) is 0 Å². The van der Waals surface area contributed by atoms with Crippen molar-refractivity contribution in [3.63, 3.8) is 0 Å². The van der Waals surface area contributed by atoms with Crippen LogP contribution in [-0.2, 0) is 14.5 Å².